The molecule has 0 aliphatic rings. The van der Waals surface area contributed by atoms with Crippen molar-refractivity contribution in [3.63, 3.8) is 0 Å². The van der Waals surface area contributed by atoms with Gasteiger partial charge in [0, 0.05) is 19.5 Å². The summed E-state index contributed by atoms with van der Waals surface area (Å²) in [5, 5.41) is 18.7. The fourth-order valence-electron chi connectivity index (χ4n) is 0.809. The van der Waals surface area contributed by atoms with Gasteiger partial charge in [-0.3, -0.25) is 24.9 Å². The van der Waals surface area contributed by atoms with Gasteiger partial charge < -0.3 is 5.11 Å². The molecule has 1 aromatic heterocycles. The number of hydrogen-bond donors (Lipinski definition) is 3. The first-order valence-electron chi connectivity index (χ1n) is 3.17. The average molecular weight is 266 g/mol. The molecule has 0 unspecified atom stereocenters. The Morgan fingerprint density at radius 1 is 1.33 bits per heavy atom. The van der Waals surface area contributed by atoms with E-state index in [0.29, 0.717) is 0 Å². The van der Waals surface area contributed by atoms with Gasteiger partial charge in [-0.1, -0.05) is 0 Å². The topological polar surface area (TPSA) is 146 Å². The van der Waals surface area contributed by atoms with Crippen LogP contribution >= 0.6 is 0 Å². The molecule has 1 rings (SSSR count). The van der Waals surface area contributed by atoms with Crippen LogP contribution in [0.3, 0.4) is 0 Å². The maximum Gasteiger partial charge on any atom is 0.364 e. The Labute approximate surface area is 93.1 Å². The number of hydrogen-bond acceptors (Lipinski definition) is 5. The fourth-order valence-corrected chi connectivity index (χ4v) is 0.809. The molecule has 76 valence electrons. The van der Waals surface area contributed by atoms with Crippen LogP contribution in [0, 0.1) is 10.1 Å². The third kappa shape index (κ3) is 2.56. The Bertz CT molecular complexity index is 516. The molecule has 0 radical (unpaired) electrons. The zero-order chi connectivity index (χ0) is 10.9. The minimum absolute atomic E-state index is 0. The van der Waals surface area contributed by atoms with E-state index in [9.17, 15) is 24.5 Å². The van der Waals surface area contributed by atoms with Crippen molar-refractivity contribution in [3.8, 4) is 0 Å². The van der Waals surface area contributed by atoms with Gasteiger partial charge in [0.1, 0.15) is 0 Å². The first kappa shape index (κ1) is 13.2. The minimum Gasteiger partial charge on any atom is -0.476 e. The maximum atomic E-state index is 10.8. The van der Waals surface area contributed by atoms with Crippen LogP contribution in [0.15, 0.2) is 9.59 Å². The van der Waals surface area contributed by atoms with E-state index in [-0.39, 0.29) is 19.5 Å². The fraction of sp³-hybridized carbons (Fsp3) is 0. The number of carboxylic acid groups (broad SMARTS) is 1. The quantitative estimate of drug-likeness (QED) is 0.343. The molecule has 0 aliphatic carbocycles. The van der Waals surface area contributed by atoms with Gasteiger partial charge in [0.2, 0.25) is 5.69 Å². The summed E-state index contributed by atoms with van der Waals surface area (Å²) in [6.07, 6.45) is 0. The van der Waals surface area contributed by atoms with E-state index in [1.165, 1.54) is 0 Å². The van der Waals surface area contributed by atoms with Crippen LogP contribution in [-0.2, 0) is 19.5 Å². The second kappa shape index (κ2) is 4.60. The molecular formula is C5H3N3O6Zn. The Hall–Kier alpha value is -1.83. The number of nitro groups is 1. The van der Waals surface area contributed by atoms with Gasteiger partial charge in [0.25, 0.3) is 0 Å². The molecule has 0 amide bonds. The van der Waals surface area contributed by atoms with E-state index in [2.05, 4.69) is 0 Å². The smallest absolute Gasteiger partial charge is 0.364 e. The van der Waals surface area contributed by atoms with E-state index >= 15 is 0 Å². The summed E-state index contributed by atoms with van der Waals surface area (Å²) in [6, 6.07) is 0. The van der Waals surface area contributed by atoms with Crippen molar-refractivity contribution < 1.29 is 34.3 Å². The summed E-state index contributed by atoms with van der Waals surface area (Å²) in [5.74, 6) is -1.75. The van der Waals surface area contributed by atoms with Crippen LogP contribution in [0.4, 0.5) is 5.69 Å². The first-order chi connectivity index (χ1) is 6.43. The van der Waals surface area contributed by atoms with Crippen molar-refractivity contribution in [2.45, 2.75) is 0 Å². The SMILES string of the molecule is O=C(O)c1[nH]c(=O)[nH]c(=O)c1[N+](=O)[O-].[Zn]. The van der Waals surface area contributed by atoms with Gasteiger partial charge in [-0.15, -0.1) is 0 Å². The van der Waals surface area contributed by atoms with E-state index in [0.717, 1.165) is 0 Å². The average Bonchev–Trinajstić information content (AvgIpc) is 2.01. The molecule has 0 aromatic carbocycles. The number of aromatic nitrogens is 2. The van der Waals surface area contributed by atoms with Gasteiger partial charge in [-0.05, 0) is 0 Å². The third-order valence-corrected chi connectivity index (χ3v) is 1.31. The van der Waals surface area contributed by atoms with Crippen LogP contribution in [-0.4, -0.2) is 26.0 Å². The summed E-state index contributed by atoms with van der Waals surface area (Å²) in [4.78, 5) is 44.1. The van der Waals surface area contributed by atoms with Crippen molar-refractivity contribution in [1.82, 2.24) is 9.97 Å². The number of rotatable bonds is 2. The van der Waals surface area contributed by atoms with E-state index < -0.39 is 33.5 Å². The first-order valence-corrected chi connectivity index (χ1v) is 3.17. The zero-order valence-corrected chi connectivity index (χ0v) is 10.1. The van der Waals surface area contributed by atoms with E-state index in [4.69, 9.17) is 5.11 Å². The van der Waals surface area contributed by atoms with Crippen LogP contribution in [0.25, 0.3) is 0 Å². The molecule has 0 bridgehead atoms. The van der Waals surface area contributed by atoms with Gasteiger partial charge in [0.15, 0.2) is 0 Å². The molecular weight excluding hydrogens is 263 g/mol. The molecule has 0 atom stereocenters. The largest absolute Gasteiger partial charge is 0.476 e. The summed E-state index contributed by atoms with van der Waals surface area (Å²) >= 11 is 0. The molecule has 9 nitrogen and oxygen atoms in total. The number of H-pyrrole nitrogens is 2. The number of nitrogens with one attached hydrogen (secondary N) is 2. The molecule has 10 heteroatoms. The standard InChI is InChI=1S/C5H3N3O6.Zn/c9-3-2(8(13)14)1(4(10)11)6-5(12)7-3;/h(H,10,11)(H2,6,7,9,12);. The van der Waals surface area contributed by atoms with Crippen molar-refractivity contribution >= 4 is 11.7 Å². The van der Waals surface area contributed by atoms with Crippen molar-refractivity contribution in [2.75, 3.05) is 0 Å². The van der Waals surface area contributed by atoms with Crippen LogP contribution < -0.4 is 11.2 Å². The zero-order valence-electron chi connectivity index (χ0n) is 7.14. The molecule has 0 aliphatic heterocycles. The Balaban J connectivity index is 0.00000196. The number of nitrogens with zero attached hydrogens (tertiary/aromatic N) is 1. The second-order valence-electron chi connectivity index (χ2n) is 2.19. The summed E-state index contributed by atoms with van der Waals surface area (Å²) in [6.45, 7) is 0. The molecule has 3 N–H and O–H groups in total. The number of carboxylic acids is 1. The van der Waals surface area contributed by atoms with Crippen LogP contribution in [0.1, 0.15) is 10.5 Å². The molecule has 0 saturated carbocycles. The van der Waals surface area contributed by atoms with Crippen LogP contribution in [0.2, 0.25) is 0 Å². The van der Waals surface area contributed by atoms with E-state index in [1.807, 2.05) is 0 Å². The normalized spacial score (nSPS) is 9.07. The second-order valence-corrected chi connectivity index (χ2v) is 2.19. The van der Waals surface area contributed by atoms with Crippen molar-refractivity contribution in [1.29, 1.82) is 0 Å². The predicted molar refractivity (Wildman–Crippen MR) is 41.3 cm³/mol. The number of aromatic carboxylic acids is 1. The number of carbonyl (C=O) groups is 1. The maximum absolute atomic E-state index is 10.8. The van der Waals surface area contributed by atoms with Crippen molar-refractivity contribution in [2.24, 2.45) is 0 Å². The monoisotopic (exact) mass is 265 g/mol. The van der Waals surface area contributed by atoms with Gasteiger partial charge in [-0.25, -0.2) is 9.59 Å². The Kier molecular flexibility index (Phi) is 4.04. The van der Waals surface area contributed by atoms with Crippen molar-refractivity contribution in [3.05, 3.63) is 36.6 Å². The predicted octanol–water partition coefficient (Wildman–Crippen LogP) is -1.33. The Morgan fingerprint density at radius 3 is 2.27 bits per heavy atom. The molecule has 0 saturated heterocycles. The summed E-state index contributed by atoms with van der Waals surface area (Å²) in [5.41, 5.74) is -4.70. The molecule has 15 heavy (non-hydrogen) atoms. The summed E-state index contributed by atoms with van der Waals surface area (Å²) < 4.78 is 0. The molecule has 1 aromatic rings. The van der Waals surface area contributed by atoms with E-state index in [1.54, 1.807) is 9.97 Å². The third-order valence-electron chi connectivity index (χ3n) is 1.31. The van der Waals surface area contributed by atoms with Gasteiger partial charge in [-0.2, -0.15) is 0 Å². The minimum atomic E-state index is -1.75. The van der Waals surface area contributed by atoms with Gasteiger partial charge >= 0.3 is 22.9 Å². The Morgan fingerprint density at radius 2 is 1.87 bits per heavy atom. The number of aromatic amines is 2. The van der Waals surface area contributed by atoms with Gasteiger partial charge in [0.05, 0.1) is 4.92 Å². The molecule has 0 fully saturated rings. The van der Waals surface area contributed by atoms with Crippen LogP contribution in [0.5, 0.6) is 0 Å². The molecule has 1 heterocycles. The molecule has 0 spiro atoms. The summed E-state index contributed by atoms with van der Waals surface area (Å²) in [7, 11) is 0.